The van der Waals surface area contributed by atoms with Gasteiger partial charge in [0.05, 0.1) is 6.61 Å². The van der Waals surface area contributed by atoms with Crippen LogP contribution in [0.15, 0.2) is 30.3 Å². The molecule has 22 heavy (non-hydrogen) atoms. The van der Waals surface area contributed by atoms with Crippen LogP contribution in [0.4, 0.5) is 4.79 Å². The average Bonchev–Trinajstić information content (AvgIpc) is 2.51. The normalized spacial score (nSPS) is 13.1. The Labute approximate surface area is 130 Å². The smallest absolute Gasteiger partial charge is 0.435 e. The first kappa shape index (κ1) is 16.3. The number of ether oxygens (including phenoxy) is 1. The molecule has 1 rings (SSSR count). The Morgan fingerprint density at radius 3 is 2.50 bits per heavy atom. The Hall–Kier alpha value is -2.12. The number of aliphatic hydroxyl groups excluding tert-OH is 1. The monoisotopic (exact) mass is 312 g/mol. The summed E-state index contributed by atoms with van der Waals surface area (Å²) in [6.45, 7) is 1.92. The number of carbonyl (C=O) groups excluding carboxylic acids is 1. The second-order valence-corrected chi connectivity index (χ2v) is 5.25. The summed E-state index contributed by atoms with van der Waals surface area (Å²) in [6, 6.07) is 7.22. The van der Waals surface area contributed by atoms with Crippen molar-refractivity contribution in [1.29, 1.82) is 0 Å². The van der Waals surface area contributed by atoms with Crippen molar-refractivity contribution in [2.75, 3.05) is 6.61 Å². The van der Waals surface area contributed by atoms with E-state index < -0.39 is 30.3 Å². The molecule has 2 N–H and O–H groups in total. The summed E-state index contributed by atoms with van der Waals surface area (Å²) in [4.78, 5) is 28.6. The third kappa shape index (κ3) is 5.71. The summed E-state index contributed by atoms with van der Waals surface area (Å²) in [5.74, 6) is -1.43. The molecule has 0 aliphatic heterocycles. The molecule has 7 nitrogen and oxygen atoms in total. The van der Waals surface area contributed by atoms with Crippen LogP contribution in [0.25, 0.3) is 0 Å². The summed E-state index contributed by atoms with van der Waals surface area (Å²) in [5.41, 5.74) is -0.392. The number of hydrogen-bond donors (Lipinski definition) is 2. The topological polar surface area (TPSA) is 96.3 Å². The van der Waals surface area contributed by atoms with Gasteiger partial charge in [-0.1, -0.05) is 30.3 Å². The van der Waals surface area contributed by atoms with Gasteiger partial charge in [-0.05, 0) is 26.3 Å². The minimum atomic E-state index is -1.60. The van der Waals surface area contributed by atoms with Gasteiger partial charge in [-0.2, -0.15) is 5.06 Å². The first-order valence-corrected chi connectivity index (χ1v) is 6.62. The molecular weight excluding hydrogens is 290 g/mol. The summed E-state index contributed by atoms with van der Waals surface area (Å²) in [5, 5.41) is 18.8. The highest BCUT2D eigenvalue weighted by Crippen LogP contribution is 2.14. The molecule has 0 fully saturated rings. The van der Waals surface area contributed by atoms with E-state index in [0.29, 0.717) is 10.6 Å². The molecular formula is C15H21NO6. The Kier molecular flexibility index (Phi) is 5.74. The fourth-order valence-corrected chi connectivity index (χ4v) is 1.52. The van der Waals surface area contributed by atoms with Gasteiger partial charge in [-0.3, -0.25) is 4.84 Å². The van der Waals surface area contributed by atoms with Gasteiger partial charge < -0.3 is 14.9 Å². The molecule has 1 atom stereocenters. The largest absolute Gasteiger partial charge is 0.480 e. The number of carboxylic acids is 1. The van der Waals surface area contributed by atoms with E-state index in [1.165, 1.54) is 13.8 Å². The number of hydrogen-bond acceptors (Lipinski definition) is 5. The number of benzene rings is 1. The number of carboxylic acid groups (broad SMARTS) is 1. The molecule has 122 valence electrons. The van der Waals surface area contributed by atoms with Crippen molar-refractivity contribution in [2.45, 2.75) is 39.0 Å². The summed E-state index contributed by atoms with van der Waals surface area (Å²) in [7, 11) is 0. The van der Waals surface area contributed by atoms with Gasteiger partial charge in [0.25, 0.3) is 0 Å². The lowest BCUT2D eigenvalue weighted by Gasteiger charge is -2.29. The first-order chi connectivity index (χ1) is 10.8. The van der Waals surface area contributed by atoms with Crippen molar-refractivity contribution < 1.29 is 30.7 Å². The van der Waals surface area contributed by atoms with Gasteiger partial charge in [0.2, 0.25) is 0 Å². The SMILES string of the molecule is [2H]CC(C)(C)OC(=O)N(OCc1ccccc1)[C@@H](CO)C(=O)O. The second-order valence-electron chi connectivity index (χ2n) is 5.25. The molecule has 1 aromatic carbocycles. The maximum Gasteiger partial charge on any atom is 0.435 e. The van der Waals surface area contributed by atoms with E-state index in [-0.39, 0.29) is 13.5 Å². The molecule has 0 aromatic heterocycles. The first-order valence-electron chi connectivity index (χ1n) is 7.33. The molecule has 0 bridgehead atoms. The van der Waals surface area contributed by atoms with Gasteiger partial charge in [0.15, 0.2) is 6.04 Å². The van der Waals surface area contributed by atoms with E-state index in [0.717, 1.165) is 0 Å². The van der Waals surface area contributed by atoms with Crippen molar-refractivity contribution in [2.24, 2.45) is 0 Å². The Morgan fingerprint density at radius 2 is 2.00 bits per heavy atom. The Morgan fingerprint density at radius 1 is 1.36 bits per heavy atom. The maximum absolute atomic E-state index is 12.2. The fraction of sp³-hybridized carbons (Fsp3) is 0.467. The van der Waals surface area contributed by atoms with Gasteiger partial charge in [-0.25, -0.2) is 9.59 Å². The van der Waals surface area contributed by atoms with Crippen molar-refractivity contribution in [3.8, 4) is 0 Å². The Bertz CT molecular complexity index is 522. The lowest BCUT2D eigenvalue weighted by Crippen LogP contribution is -2.48. The van der Waals surface area contributed by atoms with E-state index in [2.05, 4.69) is 0 Å². The van der Waals surface area contributed by atoms with Crippen LogP contribution in [0.1, 0.15) is 27.7 Å². The van der Waals surface area contributed by atoms with E-state index in [4.69, 9.17) is 16.1 Å². The average molecular weight is 312 g/mol. The number of nitrogens with zero attached hydrogens (tertiary/aromatic N) is 1. The van der Waals surface area contributed by atoms with Crippen molar-refractivity contribution in [1.82, 2.24) is 5.06 Å². The van der Waals surface area contributed by atoms with Crippen molar-refractivity contribution in [3.63, 3.8) is 0 Å². The Balaban J connectivity index is 2.88. The number of amides is 1. The zero-order valence-corrected chi connectivity index (χ0v) is 12.6. The number of aliphatic hydroxyl groups is 1. The molecule has 0 unspecified atom stereocenters. The van der Waals surface area contributed by atoms with Crippen LogP contribution < -0.4 is 0 Å². The number of hydroxylamine groups is 2. The van der Waals surface area contributed by atoms with Gasteiger partial charge in [0.1, 0.15) is 12.2 Å². The summed E-state index contributed by atoms with van der Waals surface area (Å²) in [6.07, 6.45) is -1.07. The molecule has 0 radical (unpaired) electrons. The maximum atomic E-state index is 12.2. The molecule has 0 spiro atoms. The lowest BCUT2D eigenvalue weighted by molar-refractivity contribution is -0.197. The van der Waals surface area contributed by atoms with Gasteiger partial charge >= 0.3 is 12.1 Å². The van der Waals surface area contributed by atoms with E-state index in [9.17, 15) is 14.7 Å². The van der Waals surface area contributed by atoms with Crippen molar-refractivity contribution in [3.05, 3.63) is 35.9 Å². The molecule has 0 aliphatic carbocycles. The van der Waals surface area contributed by atoms with Crippen LogP contribution in [-0.2, 0) is 21.0 Å². The molecule has 0 saturated carbocycles. The van der Waals surface area contributed by atoms with Gasteiger partial charge in [-0.15, -0.1) is 0 Å². The standard InChI is InChI=1S/C15H21NO6/c1-15(2,3)22-14(20)16(12(9-17)13(18)19)21-10-11-7-5-4-6-8-11/h4-8,12,17H,9-10H2,1-3H3,(H,18,19)/t12-/m0/s1/i1D. The highest BCUT2D eigenvalue weighted by atomic mass is 16.7. The predicted molar refractivity (Wildman–Crippen MR) is 77.8 cm³/mol. The zero-order chi connectivity index (χ0) is 17.5. The third-order valence-corrected chi connectivity index (χ3v) is 2.50. The molecule has 1 amide bonds. The molecule has 0 aliphatic rings. The third-order valence-electron chi connectivity index (χ3n) is 2.50. The summed E-state index contributed by atoms with van der Waals surface area (Å²) < 4.78 is 12.4. The zero-order valence-electron chi connectivity index (χ0n) is 13.6. The number of rotatable bonds is 6. The van der Waals surface area contributed by atoms with Crippen LogP contribution in [0.3, 0.4) is 0 Å². The highest BCUT2D eigenvalue weighted by Gasteiger charge is 2.34. The minimum Gasteiger partial charge on any atom is -0.480 e. The second kappa shape index (κ2) is 7.77. The van der Waals surface area contributed by atoms with E-state index in [1.807, 2.05) is 0 Å². The summed E-state index contributed by atoms with van der Waals surface area (Å²) >= 11 is 0. The molecule has 1 aromatic rings. The van der Waals surface area contributed by atoms with Crippen LogP contribution in [0, 0.1) is 0 Å². The van der Waals surface area contributed by atoms with Crippen LogP contribution in [-0.4, -0.2) is 45.6 Å². The lowest BCUT2D eigenvalue weighted by atomic mass is 10.2. The highest BCUT2D eigenvalue weighted by molar-refractivity contribution is 5.79. The van der Waals surface area contributed by atoms with Gasteiger partial charge in [0, 0.05) is 1.37 Å². The number of aliphatic carboxylic acids is 1. The van der Waals surface area contributed by atoms with Crippen molar-refractivity contribution >= 4 is 12.1 Å². The van der Waals surface area contributed by atoms with Crippen LogP contribution in [0.2, 0.25) is 0 Å². The van der Waals surface area contributed by atoms with E-state index in [1.54, 1.807) is 30.3 Å². The minimum absolute atomic E-state index is 0.0684. The quantitative estimate of drug-likeness (QED) is 0.778. The molecule has 7 heteroatoms. The molecule has 0 heterocycles. The number of carbonyl (C=O) groups is 2. The van der Waals surface area contributed by atoms with Crippen LogP contribution >= 0.6 is 0 Å². The fourth-order valence-electron chi connectivity index (χ4n) is 1.52. The van der Waals surface area contributed by atoms with E-state index >= 15 is 0 Å². The van der Waals surface area contributed by atoms with Crippen LogP contribution in [0.5, 0.6) is 0 Å². The molecule has 0 saturated heterocycles. The predicted octanol–water partition coefficient (Wildman–Crippen LogP) is 1.80.